The highest BCUT2D eigenvalue weighted by Crippen LogP contribution is 2.26. The molecule has 22 heavy (non-hydrogen) atoms. The van der Waals surface area contributed by atoms with Crippen LogP contribution in [-0.2, 0) is 4.74 Å². The summed E-state index contributed by atoms with van der Waals surface area (Å²) in [6.07, 6.45) is 0. The predicted octanol–water partition coefficient (Wildman–Crippen LogP) is 4.71. The smallest absolute Gasteiger partial charge is 0.341 e. The molecule has 1 aromatic heterocycles. The normalized spacial score (nSPS) is 10.4. The van der Waals surface area contributed by atoms with Crippen LogP contribution in [0.4, 0.5) is 15.9 Å². The van der Waals surface area contributed by atoms with E-state index in [9.17, 15) is 9.18 Å². The van der Waals surface area contributed by atoms with Crippen molar-refractivity contribution in [3.63, 3.8) is 0 Å². The van der Waals surface area contributed by atoms with E-state index < -0.39 is 11.8 Å². The van der Waals surface area contributed by atoms with E-state index in [2.05, 4.69) is 10.3 Å². The van der Waals surface area contributed by atoms with Gasteiger partial charge in [-0.3, -0.25) is 0 Å². The van der Waals surface area contributed by atoms with Crippen molar-refractivity contribution in [2.45, 2.75) is 13.8 Å². The Bertz CT molecular complexity index is 725. The number of esters is 1. The molecule has 1 aromatic carbocycles. The molecule has 1 heterocycles. The van der Waals surface area contributed by atoms with Gasteiger partial charge in [0, 0.05) is 3.57 Å². The van der Waals surface area contributed by atoms with Crippen LogP contribution in [0, 0.1) is 16.3 Å². The topological polar surface area (TPSA) is 51.2 Å². The largest absolute Gasteiger partial charge is 0.462 e. The first-order valence-corrected chi connectivity index (χ1v) is 7.94. The van der Waals surface area contributed by atoms with Gasteiger partial charge < -0.3 is 10.1 Å². The lowest BCUT2D eigenvalue weighted by atomic mass is 10.2. The number of benzene rings is 1. The molecule has 0 aliphatic rings. The number of anilines is 2. The summed E-state index contributed by atoms with van der Waals surface area (Å²) in [5.74, 6) is -0.822. The summed E-state index contributed by atoms with van der Waals surface area (Å²) < 4.78 is 19.7. The van der Waals surface area contributed by atoms with Crippen LogP contribution in [0.5, 0.6) is 0 Å². The van der Waals surface area contributed by atoms with E-state index in [4.69, 9.17) is 16.3 Å². The maximum absolute atomic E-state index is 14.0. The van der Waals surface area contributed by atoms with E-state index in [-0.39, 0.29) is 28.8 Å². The number of pyridine rings is 1. The third kappa shape index (κ3) is 3.86. The van der Waals surface area contributed by atoms with E-state index >= 15 is 0 Å². The number of halogens is 3. The zero-order valence-electron chi connectivity index (χ0n) is 11.9. The SMILES string of the molecule is CCOC(=O)c1cc(C)c(Cl)nc1Nc1ccc(I)cc1F. The number of carbonyl (C=O) groups excluding carboxylic acids is 1. The lowest BCUT2D eigenvalue weighted by molar-refractivity contribution is 0.0527. The molecule has 0 bridgehead atoms. The fourth-order valence-electron chi connectivity index (χ4n) is 1.77. The number of hydrogen-bond acceptors (Lipinski definition) is 4. The van der Waals surface area contributed by atoms with Crippen LogP contribution in [0.15, 0.2) is 24.3 Å². The molecule has 2 aromatic rings. The van der Waals surface area contributed by atoms with Crippen molar-refractivity contribution < 1.29 is 13.9 Å². The number of aryl methyl sites for hydroxylation is 1. The molecule has 2 rings (SSSR count). The average molecular weight is 435 g/mol. The second kappa shape index (κ2) is 7.23. The monoisotopic (exact) mass is 434 g/mol. The lowest BCUT2D eigenvalue weighted by Crippen LogP contribution is -2.10. The predicted molar refractivity (Wildman–Crippen MR) is 92.3 cm³/mol. The summed E-state index contributed by atoms with van der Waals surface area (Å²) in [6.45, 7) is 3.67. The molecule has 4 nitrogen and oxygen atoms in total. The van der Waals surface area contributed by atoms with Crippen LogP contribution in [0.2, 0.25) is 5.15 Å². The van der Waals surface area contributed by atoms with Gasteiger partial charge in [-0.25, -0.2) is 14.2 Å². The molecular formula is C15H13ClFIN2O2. The molecular weight excluding hydrogens is 422 g/mol. The first kappa shape index (κ1) is 17.0. The fourth-order valence-corrected chi connectivity index (χ4v) is 2.36. The molecule has 0 atom stereocenters. The van der Waals surface area contributed by atoms with Gasteiger partial charge in [0.25, 0.3) is 0 Å². The summed E-state index contributed by atoms with van der Waals surface area (Å²) in [7, 11) is 0. The molecule has 0 saturated carbocycles. The molecule has 0 aliphatic heterocycles. The van der Waals surface area contributed by atoms with Crippen molar-refractivity contribution in [3.8, 4) is 0 Å². The zero-order valence-corrected chi connectivity index (χ0v) is 14.8. The minimum Gasteiger partial charge on any atom is -0.462 e. The molecule has 0 radical (unpaired) electrons. The molecule has 0 fully saturated rings. The Morgan fingerprint density at radius 1 is 1.45 bits per heavy atom. The number of aromatic nitrogens is 1. The molecule has 1 N–H and O–H groups in total. The third-order valence-corrected chi connectivity index (χ3v) is 3.88. The van der Waals surface area contributed by atoms with Gasteiger partial charge in [-0.05, 0) is 66.3 Å². The molecule has 7 heteroatoms. The number of ether oxygens (including phenoxy) is 1. The minimum atomic E-state index is -0.539. The second-order valence-electron chi connectivity index (χ2n) is 4.46. The number of carbonyl (C=O) groups is 1. The van der Waals surface area contributed by atoms with Gasteiger partial charge >= 0.3 is 5.97 Å². The van der Waals surface area contributed by atoms with Crippen LogP contribution >= 0.6 is 34.2 Å². The van der Waals surface area contributed by atoms with Gasteiger partial charge in [-0.2, -0.15) is 0 Å². The van der Waals surface area contributed by atoms with Crippen LogP contribution in [0.25, 0.3) is 0 Å². The molecule has 0 saturated heterocycles. The Kier molecular flexibility index (Phi) is 5.57. The van der Waals surface area contributed by atoms with E-state index in [0.717, 1.165) is 3.57 Å². The lowest BCUT2D eigenvalue weighted by Gasteiger charge is -2.13. The first-order chi connectivity index (χ1) is 10.4. The van der Waals surface area contributed by atoms with E-state index in [1.807, 2.05) is 22.6 Å². The zero-order chi connectivity index (χ0) is 16.3. The quantitative estimate of drug-likeness (QED) is 0.430. The summed E-state index contributed by atoms with van der Waals surface area (Å²) in [6, 6.07) is 6.26. The number of rotatable bonds is 4. The van der Waals surface area contributed by atoms with Crippen LogP contribution in [0.1, 0.15) is 22.8 Å². The number of nitrogens with one attached hydrogen (secondary N) is 1. The molecule has 0 aliphatic carbocycles. The highest BCUT2D eigenvalue weighted by atomic mass is 127. The van der Waals surface area contributed by atoms with Crippen molar-refractivity contribution in [2.75, 3.05) is 11.9 Å². The van der Waals surface area contributed by atoms with Gasteiger partial charge in [0.1, 0.15) is 22.4 Å². The Labute approximate surface area is 146 Å². The third-order valence-electron chi connectivity index (χ3n) is 2.83. The highest BCUT2D eigenvalue weighted by Gasteiger charge is 2.17. The minimum absolute atomic E-state index is 0.161. The molecule has 116 valence electrons. The fraction of sp³-hybridized carbons (Fsp3) is 0.200. The van der Waals surface area contributed by atoms with Crippen molar-refractivity contribution in [1.82, 2.24) is 4.98 Å². The van der Waals surface area contributed by atoms with Crippen molar-refractivity contribution in [2.24, 2.45) is 0 Å². The standard InChI is InChI=1S/C15H13ClFIN2O2/c1-3-22-15(21)10-6-8(2)13(16)20-14(10)19-12-5-4-9(18)7-11(12)17/h4-7H,3H2,1-2H3,(H,19,20). The van der Waals surface area contributed by atoms with Crippen LogP contribution in [-0.4, -0.2) is 17.6 Å². The average Bonchev–Trinajstić information content (AvgIpc) is 2.45. The molecule has 0 amide bonds. The van der Waals surface area contributed by atoms with Gasteiger partial charge in [-0.1, -0.05) is 11.6 Å². The van der Waals surface area contributed by atoms with Gasteiger partial charge in [0.15, 0.2) is 0 Å². The Hall–Kier alpha value is -1.41. The van der Waals surface area contributed by atoms with Crippen LogP contribution in [0.3, 0.4) is 0 Å². The maximum atomic E-state index is 14.0. The van der Waals surface area contributed by atoms with Crippen molar-refractivity contribution in [3.05, 3.63) is 49.9 Å². The van der Waals surface area contributed by atoms with Gasteiger partial charge in [0.2, 0.25) is 0 Å². The molecule has 0 unspecified atom stereocenters. The van der Waals surface area contributed by atoms with E-state index in [1.54, 1.807) is 32.0 Å². The number of nitrogens with zero attached hydrogens (tertiary/aromatic N) is 1. The van der Waals surface area contributed by atoms with Crippen molar-refractivity contribution >= 4 is 51.7 Å². The Morgan fingerprint density at radius 3 is 2.82 bits per heavy atom. The summed E-state index contributed by atoms with van der Waals surface area (Å²) >= 11 is 8.01. The Morgan fingerprint density at radius 2 is 2.18 bits per heavy atom. The molecule has 0 spiro atoms. The summed E-state index contributed by atoms with van der Waals surface area (Å²) in [5.41, 5.74) is 1.05. The summed E-state index contributed by atoms with van der Waals surface area (Å²) in [5, 5.41) is 3.04. The van der Waals surface area contributed by atoms with Gasteiger partial charge in [-0.15, -0.1) is 0 Å². The summed E-state index contributed by atoms with van der Waals surface area (Å²) in [4.78, 5) is 16.1. The highest BCUT2D eigenvalue weighted by molar-refractivity contribution is 14.1. The number of hydrogen-bond donors (Lipinski definition) is 1. The second-order valence-corrected chi connectivity index (χ2v) is 6.07. The van der Waals surface area contributed by atoms with E-state index in [0.29, 0.717) is 5.56 Å². The maximum Gasteiger partial charge on any atom is 0.341 e. The van der Waals surface area contributed by atoms with E-state index in [1.165, 1.54) is 6.07 Å². The van der Waals surface area contributed by atoms with Crippen molar-refractivity contribution in [1.29, 1.82) is 0 Å². The van der Waals surface area contributed by atoms with Gasteiger partial charge in [0.05, 0.1) is 12.3 Å². The Balaban J connectivity index is 2.44. The van der Waals surface area contributed by atoms with Crippen LogP contribution < -0.4 is 5.32 Å². The first-order valence-electron chi connectivity index (χ1n) is 6.48.